The maximum absolute atomic E-state index is 11.6. The fourth-order valence-electron chi connectivity index (χ4n) is 4.84. The van der Waals surface area contributed by atoms with Gasteiger partial charge in [0.05, 0.1) is 6.61 Å². The summed E-state index contributed by atoms with van der Waals surface area (Å²) in [6.45, 7) is 7.54. The first-order chi connectivity index (χ1) is 19.6. The van der Waals surface area contributed by atoms with Crippen molar-refractivity contribution in [2.75, 3.05) is 6.61 Å². The molecule has 0 unspecified atom stereocenters. The first-order valence-corrected chi connectivity index (χ1v) is 13.6. The highest BCUT2D eigenvalue weighted by atomic mass is 16.7. The minimum Gasteiger partial charge on any atom is -0.435 e. The van der Waals surface area contributed by atoms with E-state index in [2.05, 4.69) is 117 Å². The van der Waals surface area contributed by atoms with Crippen molar-refractivity contribution < 1.29 is 23.4 Å². The molecule has 5 rings (SSSR count). The van der Waals surface area contributed by atoms with E-state index in [4.69, 9.17) is 9.47 Å². The smallest absolute Gasteiger partial charge is 0.435 e. The zero-order valence-corrected chi connectivity index (χ0v) is 23.1. The largest absolute Gasteiger partial charge is 0.508 e. The monoisotopic (exact) mass is 536 g/mol. The molecule has 204 valence electrons. The molecule has 0 radical (unpaired) electrons. The van der Waals surface area contributed by atoms with Crippen LogP contribution in [-0.4, -0.2) is 21.9 Å². The predicted molar refractivity (Wildman–Crippen MR) is 152 cm³/mol. The van der Waals surface area contributed by atoms with Gasteiger partial charge < -0.3 is 9.47 Å². The number of hydrogen-bond acceptors (Lipinski definition) is 3. The van der Waals surface area contributed by atoms with Gasteiger partial charge >= 0.3 is 6.16 Å². The molecule has 0 spiro atoms. The molecule has 2 aromatic heterocycles. The number of imidazole rings is 2. The molecule has 5 aromatic rings. The number of nitrogens with zero attached hydrogens (tertiary/aromatic N) is 4. The Bertz CT molecular complexity index is 1570. The van der Waals surface area contributed by atoms with Gasteiger partial charge in [-0.15, -0.1) is 0 Å². The predicted octanol–water partition coefficient (Wildman–Crippen LogP) is 5.04. The first kappa shape index (κ1) is 26.9. The van der Waals surface area contributed by atoms with Gasteiger partial charge in [0.1, 0.15) is 57.6 Å². The lowest BCUT2D eigenvalue weighted by Crippen LogP contribution is -2.35. The van der Waals surface area contributed by atoms with Crippen molar-refractivity contribution in [2.45, 2.75) is 46.6 Å². The summed E-state index contributed by atoms with van der Waals surface area (Å²) in [6, 6.07) is 25.1. The van der Waals surface area contributed by atoms with Crippen molar-refractivity contribution in [1.82, 2.24) is 9.13 Å². The Morgan fingerprint density at radius 1 is 0.675 bits per heavy atom. The van der Waals surface area contributed by atoms with Crippen LogP contribution in [0.4, 0.5) is 4.79 Å². The fourth-order valence-corrected chi connectivity index (χ4v) is 4.84. The van der Waals surface area contributed by atoms with Crippen molar-refractivity contribution in [3.8, 4) is 0 Å². The molecule has 7 nitrogen and oxygen atoms in total. The number of aryl methyl sites for hydroxylation is 1. The number of ether oxygens (including phenoxy) is 2. The van der Waals surface area contributed by atoms with Crippen LogP contribution in [0.2, 0.25) is 0 Å². The van der Waals surface area contributed by atoms with E-state index in [1.165, 1.54) is 22.3 Å². The average Bonchev–Trinajstić information content (AvgIpc) is 3.60. The van der Waals surface area contributed by atoms with E-state index in [1.54, 1.807) is 6.92 Å². The summed E-state index contributed by atoms with van der Waals surface area (Å²) in [5, 5.41) is 0. The molecule has 3 aromatic carbocycles. The van der Waals surface area contributed by atoms with Gasteiger partial charge in [-0.3, -0.25) is 0 Å². The van der Waals surface area contributed by atoms with E-state index in [1.807, 2.05) is 18.2 Å². The Labute approximate surface area is 235 Å². The molecule has 0 aliphatic heterocycles. The lowest BCUT2D eigenvalue weighted by atomic mass is 10.1. The van der Waals surface area contributed by atoms with Crippen LogP contribution in [0.3, 0.4) is 0 Å². The zero-order valence-electron chi connectivity index (χ0n) is 23.1. The van der Waals surface area contributed by atoms with Crippen molar-refractivity contribution >= 4 is 6.16 Å². The van der Waals surface area contributed by atoms with Gasteiger partial charge in [0.25, 0.3) is 0 Å². The second-order valence-corrected chi connectivity index (χ2v) is 9.95. The minimum atomic E-state index is -0.643. The van der Waals surface area contributed by atoms with Crippen molar-refractivity contribution in [2.24, 2.45) is 0 Å². The molecule has 0 aliphatic rings. The van der Waals surface area contributed by atoms with Crippen molar-refractivity contribution in [1.29, 1.82) is 0 Å². The molecule has 0 aliphatic carbocycles. The lowest BCUT2D eigenvalue weighted by Gasteiger charge is -2.09. The maximum atomic E-state index is 11.6. The van der Waals surface area contributed by atoms with Gasteiger partial charge in [-0.25, -0.2) is 23.1 Å². The summed E-state index contributed by atoms with van der Waals surface area (Å²) in [7, 11) is 0. The second-order valence-electron chi connectivity index (χ2n) is 9.95. The van der Waals surface area contributed by atoms with Gasteiger partial charge in [-0.2, -0.15) is 0 Å². The van der Waals surface area contributed by atoms with Crippen LogP contribution in [0.25, 0.3) is 0 Å². The van der Waals surface area contributed by atoms with Crippen LogP contribution in [0.15, 0.2) is 110 Å². The van der Waals surface area contributed by atoms with Gasteiger partial charge in [0, 0.05) is 16.7 Å². The molecular formula is C33H36N4O3+2. The quantitative estimate of drug-likeness (QED) is 0.176. The van der Waals surface area contributed by atoms with E-state index < -0.39 is 6.16 Å². The summed E-state index contributed by atoms with van der Waals surface area (Å²) < 4.78 is 19.0. The highest BCUT2D eigenvalue weighted by Crippen LogP contribution is 2.13. The SMILES string of the molecule is CCOC(=O)OCc1ccccc1Cn1cc[n+](Cc2ccccc2C[n+]2ccn(Cc3ccccc3C)c2)c1. The molecule has 0 amide bonds. The molecule has 40 heavy (non-hydrogen) atoms. The Morgan fingerprint density at radius 2 is 1.18 bits per heavy atom. The third-order valence-electron chi connectivity index (χ3n) is 7.01. The number of hydrogen-bond donors (Lipinski definition) is 0. The van der Waals surface area contributed by atoms with Crippen LogP contribution in [-0.2, 0) is 42.3 Å². The van der Waals surface area contributed by atoms with Crippen molar-refractivity contribution in [3.05, 3.63) is 144 Å². The number of aromatic nitrogens is 4. The lowest BCUT2D eigenvalue weighted by molar-refractivity contribution is -0.693. The average molecular weight is 537 g/mol. The van der Waals surface area contributed by atoms with E-state index >= 15 is 0 Å². The van der Waals surface area contributed by atoms with E-state index in [-0.39, 0.29) is 6.61 Å². The van der Waals surface area contributed by atoms with Crippen LogP contribution in [0.5, 0.6) is 0 Å². The van der Waals surface area contributed by atoms with E-state index in [9.17, 15) is 4.79 Å². The third kappa shape index (κ3) is 7.05. The second kappa shape index (κ2) is 12.9. The van der Waals surface area contributed by atoms with E-state index in [0.717, 1.165) is 30.8 Å². The van der Waals surface area contributed by atoms with Crippen LogP contribution in [0.1, 0.15) is 40.3 Å². The standard InChI is InChI=1S/C33H36N4O3/c1-3-39-33(38)40-24-32-15-9-8-14-31(32)23-37-19-18-36(26-37)22-30-13-7-6-12-29(30)21-35-17-16-34(25-35)20-28-11-5-4-10-27(28)2/h4-19,25-26H,3,20-24H2,1-2H3/q+2. The molecular weight excluding hydrogens is 500 g/mol. The number of rotatable bonds is 11. The number of carbonyl (C=O) groups excluding carboxylic acids is 1. The number of benzene rings is 3. The highest BCUT2D eigenvalue weighted by molar-refractivity contribution is 5.59. The first-order valence-electron chi connectivity index (χ1n) is 13.6. The molecule has 7 heteroatoms. The topological polar surface area (TPSA) is 53.2 Å². The fraction of sp³-hybridized carbons (Fsp3) is 0.242. The Morgan fingerprint density at radius 3 is 1.75 bits per heavy atom. The summed E-state index contributed by atoms with van der Waals surface area (Å²) in [6.07, 6.45) is 12.1. The summed E-state index contributed by atoms with van der Waals surface area (Å²) in [5.74, 6) is 0. The molecule has 0 saturated heterocycles. The normalized spacial score (nSPS) is 10.9. The molecule has 0 atom stereocenters. The Balaban J connectivity index is 1.23. The molecule has 0 N–H and O–H groups in total. The number of carbonyl (C=O) groups is 1. The highest BCUT2D eigenvalue weighted by Gasteiger charge is 2.14. The van der Waals surface area contributed by atoms with Crippen LogP contribution >= 0.6 is 0 Å². The summed E-state index contributed by atoms with van der Waals surface area (Å²) >= 11 is 0. The molecule has 0 saturated carbocycles. The molecule has 2 heterocycles. The summed E-state index contributed by atoms with van der Waals surface area (Å²) in [4.78, 5) is 11.6. The van der Waals surface area contributed by atoms with Crippen LogP contribution in [0, 0.1) is 6.92 Å². The van der Waals surface area contributed by atoms with Gasteiger partial charge in [0.2, 0.25) is 12.7 Å². The zero-order chi connectivity index (χ0) is 27.7. The van der Waals surface area contributed by atoms with Crippen LogP contribution < -0.4 is 9.13 Å². The maximum Gasteiger partial charge on any atom is 0.508 e. The molecule has 0 fully saturated rings. The van der Waals surface area contributed by atoms with E-state index in [0.29, 0.717) is 13.2 Å². The third-order valence-corrected chi connectivity index (χ3v) is 7.01. The van der Waals surface area contributed by atoms with Crippen molar-refractivity contribution in [3.63, 3.8) is 0 Å². The Kier molecular flexibility index (Phi) is 8.71. The molecule has 0 bridgehead atoms. The van der Waals surface area contributed by atoms with Gasteiger partial charge in [-0.05, 0) is 30.5 Å². The van der Waals surface area contributed by atoms with Gasteiger partial charge in [0.15, 0.2) is 0 Å². The minimum absolute atomic E-state index is 0.188. The Hall–Kier alpha value is -4.65. The van der Waals surface area contributed by atoms with Gasteiger partial charge in [-0.1, -0.05) is 72.8 Å². The summed E-state index contributed by atoms with van der Waals surface area (Å²) in [5.41, 5.74) is 7.29.